The Hall–Kier alpha value is -3.74. The number of hydrogen-bond donors (Lipinski definition) is 2. The monoisotopic (exact) mass is 376 g/mol. The predicted molar refractivity (Wildman–Crippen MR) is 107 cm³/mol. The van der Waals surface area contributed by atoms with Crippen molar-refractivity contribution in [3.8, 4) is 11.6 Å². The number of aryl methyl sites for hydroxylation is 2. The van der Waals surface area contributed by atoms with Gasteiger partial charge in [0.25, 0.3) is 5.56 Å². The molecule has 2 heterocycles. The topological polar surface area (TPSA) is 82.7 Å². The molecule has 1 aromatic heterocycles. The molecule has 0 amide bonds. The van der Waals surface area contributed by atoms with Gasteiger partial charge < -0.3 is 5.11 Å². The molecule has 0 saturated carbocycles. The summed E-state index contributed by atoms with van der Waals surface area (Å²) in [6, 6.07) is 11.4. The van der Waals surface area contributed by atoms with E-state index in [1.54, 1.807) is 12.1 Å². The molecule has 28 heavy (non-hydrogen) atoms. The van der Waals surface area contributed by atoms with E-state index < -0.39 is 5.56 Å². The molecular formula is C21H17FN4O2. The molecule has 0 spiro atoms. The number of halogens is 1. The first kappa shape index (κ1) is 17.7. The van der Waals surface area contributed by atoms with Gasteiger partial charge in [0.1, 0.15) is 17.1 Å². The summed E-state index contributed by atoms with van der Waals surface area (Å²) in [6.07, 6.45) is 3.01. The fourth-order valence-corrected chi connectivity index (χ4v) is 2.98. The zero-order valence-corrected chi connectivity index (χ0v) is 15.3. The summed E-state index contributed by atoms with van der Waals surface area (Å²) in [5, 5.41) is 21.2. The zero-order valence-electron chi connectivity index (χ0n) is 15.3. The van der Waals surface area contributed by atoms with Gasteiger partial charge >= 0.3 is 0 Å². The fourth-order valence-electron chi connectivity index (χ4n) is 2.98. The van der Waals surface area contributed by atoms with Crippen molar-refractivity contribution in [3.63, 3.8) is 0 Å². The van der Waals surface area contributed by atoms with Crippen LogP contribution in [-0.2, 0) is 0 Å². The van der Waals surface area contributed by atoms with Crippen LogP contribution in [0.3, 0.4) is 0 Å². The van der Waals surface area contributed by atoms with E-state index in [-0.39, 0.29) is 17.3 Å². The minimum absolute atomic E-state index is 0.0939. The molecule has 0 fully saturated rings. The van der Waals surface area contributed by atoms with Crippen molar-refractivity contribution in [2.45, 2.75) is 13.8 Å². The number of benzene rings is 2. The molecule has 0 aliphatic carbocycles. The molecule has 140 valence electrons. The lowest BCUT2D eigenvalue weighted by atomic mass is 10.0. The summed E-state index contributed by atoms with van der Waals surface area (Å²) in [7, 11) is 0. The summed E-state index contributed by atoms with van der Waals surface area (Å²) in [6.45, 7) is 3.95. The maximum Gasteiger partial charge on any atom is 0.275 e. The molecule has 0 atom stereocenters. The molecule has 1 aliphatic heterocycles. The molecule has 4 rings (SSSR count). The molecule has 0 saturated heterocycles. The molecule has 0 unspecified atom stereocenters. The van der Waals surface area contributed by atoms with E-state index >= 15 is 0 Å². The Morgan fingerprint density at radius 2 is 1.86 bits per heavy atom. The van der Waals surface area contributed by atoms with Crippen LogP contribution in [0.5, 0.6) is 5.88 Å². The van der Waals surface area contributed by atoms with Gasteiger partial charge in [-0.2, -0.15) is 5.10 Å². The van der Waals surface area contributed by atoms with Gasteiger partial charge in [-0.05, 0) is 67.4 Å². The van der Waals surface area contributed by atoms with Gasteiger partial charge in [0.15, 0.2) is 0 Å². The van der Waals surface area contributed by atoms with Crippen molar-refractivity contribution in [2.75, 3.05) is 0 Å². The SMILES string of the molecule is Cc1ccc(-n2[nH]c(=O)c(/C=C3\C=NN=C3c3ccc(F)cc3)c2O)cc1C. The number of nitrogens with zero attached hydrogens (tertiary/aromatic N) is 3. The number of H-pyrrole nitrogens is 1. The predicted octanol–water partition coefficient (Wildman–Crippen LogP) is 3.50. The maximum absolute atomic E-state index is 13.2. The highest BCUT2D eigenvalue weighted by Crippen LogP contribution is 2.24. The first-order valence-electron chi connectivity index (χ1n) is 8.64. The van der Waals surface area contributed by atoms with Gasteiger partial charge in [0, 0.05) is 11.1 Å². The average Bonchev–Trinajstić information content (AvgIpc) is 3.25. The molecule has 0 radical (unpaired) electrons. The van der Waals surface area contributed by atoms with Gasteiger partial charge in [0.2, 0.25) is 5.88 Å². The number of nitrogens with one attached hydrogen (secondary N) is 1. The summed E-state index contributed by atoms with van der Waals surface area (Å²) < 4.78 is 14.5. The Kier molecular flexibility index (Phi) is 4.27. The Bertz CT molecular complexity index is 1210. The number of allylic oxidation sites excluding steroid dienone is 1. The lowest BCUT2D eigenvalue weighted by Gasteiger charge is -2.07. The third kappa shape index (κ3) is 3.07. The molecule has 2 N–H and O–H groups in total. The summed E-state index contributed by atoms with van der Waals surface area (Å²) in [5.41, 5.74) is 4.16. The number of rotatable bonds is 3. The van der Waals surface area contributed by atoms with Crippen molar-refractivity contribution in [2.24, 2.45) is 10.2 Å². The first-order chi connectivity index (χ1) is 13.4. The molecule has 0 bridgehead atoms. The van der Waals surface area contributed by atoms with Crippen LogP contribution in [0.25, 0.3) is 11.8 Å². The average molecular weight is 376 g/mol. The Morgan fingerprint density at radius 1 is 1.11 bits per heavy atom. The van der Waals surface area contributed by atoms with Crippen molar-refractivity contribution >= 4 is 18.0 Å². The van der Waals surface area contributed by atoms with Crippen LogP contribution in [0.2, 0.25) is 0 Å². The first-order valence-corrected chi connectivity index (χ1v) is 8.64. The highest BCUT2D eigenvalue weighted by atomic mass is 19.1. The fraction of sp³-hybridized carbons (Fsp3) is 0.0952. The third-order valence-corrected chi connectivity index (χ3v) is 4.70. The Balaban J connectivity index is 1.76. The van der Waals surface area contributed by atoms with Crippen LogP contribution < -0.4 is 5.56 Å². The van der Waals surface area contributed by atoms with E-state index in [1.165, 1.54) is 29.1 Å². The molecule has 3 aromatic rings. The Morgan fingerprint density at radius 3 is 2.57 bits per heavy atom. The van der Waals surface area contributed by atoms with Crippen LogP contribution in [0, 0.1) is 19.7 Å². The quantitative estimate of drug-likeness (QED) is 0.733. The minimum atomic E-state index is -0.443. The van der Waals surface area contributed by atoms with Crippen LogP contribution in [0.4, 0.5) is 4.39 Å². The standard InChI is InChI=1S/C21H17FN4O2/c1-12-3-8-17(9-13(12)2)26-21(28)18(20(27)25-26)10-15-11-23-24-19(15)14-4-6-16(22)7-5-14/h3-11,28H,1-2H3,(H,25,27)/b15-10+. The summed E-state index contributed by atoms with van der Waals surface area (Å²) in [4.78, 5) is 12.4. The van der Waals surface area contributed by atoms with Crippen molar-refractivity contribution in [3.05, 3.63) is 86.5 Å². The lowest BCUT2D eigenvalue weighted by molar-refractivity contribution is 0.432. The number of aromatic amines is 1. The van der Waals surface area contributed by atoms with Crippen molar-refractivity contribution in [1.29, 1.82) is 0 Å². The van der Waals surface area contributed by atoms with Gasteiger partial charge in [0.05, 0.1) is 11.9 Å². The van der Waals surface area contributed by atoms with E-state index in [0.29, 0.717) is 22.5 Å². The second-order valence-electron chi connectivity index (χ2n) is 6.58. The molecule has 1 aliphatic rings. The van der Waals surface area contributed by atoms with Gasteiger partial charge in [-0.3, -0.25) is 9.89 Å². The Labute approximate surface area is 160 Å². The second kappa shape index (κ2) is 6.77. The summed E-state index contributed by atoms with van der Waals surface area (Å²) in [5.74, 6) is -0.562. The molecule has 6 nitrogen and oxygen atoms in total. The van der Waals surface area contributed by atoms with Gasteiger partial charge in [-0.1, -0.05) is 6.07 Å². The largest absolute Gasteiger partial charge is 0.493 e. The van der Waals surface area contributed by atoms with E-state index in [0.717, 1.165) is 11.1 Å². The van der Waals surface area contributed by atoms with Crippen LogP contribution in [0.15, 0.2) is 63.0 Å². The summed E-state index contributed by atoms with van der Waals surface area (Å²) >= 11 is 0. The van der Waals surface area contributed by atoms with Gasteiger partial charge in [-0.25, -0.2) is 9.07 Å². The third-order valence-electron chi connectivity index (χ3n) is 4.70. The minimum Gasteiger partial charge on any atom is -0.493 e. The zero-order chi connectivity index (χ0) is 19.8. The maximum atomic E-state index is 13.2. The lowest BCUT2D eigenvalue weighted by Crippen LogP contribution is -2.07. The molecular weight excluding hydrogens is 359 g/mol. The van der Waals surface area contributed by atoms with E-state index in [9.17, 15) is 14.3 Å². The van der Waals surface area contributed by atoms with Gasteiger partial charge in [-0.15, -0.1) is 5.10 Å². The van der Waals surface area contributed by atoms with Crippen molar-refractivity contribution in [1.82, 2.24) is 9.78 Å². The highest BCUT2D eigenvalue weighted by molar-refractivity contribution is 6.28. The number of hydrogen-bond acceptors (Lipinski definition) is 4. The van der Waals surface area contributed by atoms with Crippen LogP contribution >= 0.6 is 0 Å². The second-order valence-corrected chi connectivity index (χ2v) is 6.58. The van der Waals surface area contributed by atoms with E-state index in [2.05, 4.69) is 15.3 Å². The van der Waals surface area contributed by atoms with Crippen LogP contribution in [0.1, 0.15) is 22.3 Å². The van der Waals surface area contributed by atoms with E-state index in [1.807, 2.05) is 32.0 Å². The molecule has 2 aromatic carbocycles. The number of aromatic nitrogens is 2. The highest BCUT2D eigenvalue weighted by Gasteiger charge is 2.18. The van der Waals surface area contributed by atoms with Crippen molar-refractivity contribution < 1.29 is 9.50 Å². The smallest absolute Gasteiger partial charge is 0.275 e. The molecule has 7 heteroatoms. The number of aromatic hydroxyl groups is 1. The van der Waals surface area contributed by atoms with Crippen LogP contribution in [-0.4, -0.2) is 26.8 Å². The normalized spacial score (nSPS) is 14.7. The van der Waals surface area contributed by atoms with E-state index in [4.69, 9.17) is 0 Å².